The van der Waals surface area contributed by atoms with Gasteiger partial charge in [-0.05, 0) is 18.1 Å². The molecular formula is C19H21N3O2. The highest BCUT2D eigenvalue weighted by Gasteiger charge is 2.25. The first-order valence-electron chi connectivity index (χ1n) is 8.28. The summed E-state index contributed by atoms with van der Waals surface area (Å²) in [6, 6.07) is 9.64. The zero-order valence-corrected chi connectivity index (χ0v) is 13.9. The van der Waals surface area contributed by atoms with Crippen LogP contribution in [0.2, 0.25) is 0 Å². The van der Waals surface area contributed by atoms with Crippen molar-refractivity contribution in [2.24, 2.45) is 0 Å². The van der Waals surface area contributed by atoms with Gasteiger partial charge in [-0.2, -0.15) is 0 Å². The van der Waals surface area contributed by atoms with E-state index in [4.69, 9.17) is 4.52 Å². The summed E-state index contributed by atoms with van der Waals surface area (Å²) in [5.74, 6) is 6.47. The second-order valence-electron chi connectivity index (χ2n) is 5.73. The number of hydrogen-bond acceptors (Lipinski definition) is 4. The standard InChI is InChI=1S/C19H21N3O2/c1-2-3-6-12-21-13-7-14-22(19(23)18-10-11-20-24-18)17-9-5-4-8-16(17)15-21/h4-5,8-11H,2,7,12-15H2,1H3. The molecule has 1 amide bonds. The quantitative estimate of drug-likeness (QED) is 0.797. The molecule has 0 unspecified atom stereocenters. The number of fused-ring (bicyclic) bond motifs is 1. The summed E-state index contributed by atoms with van der Waals surface area (Å²) in [7, 11) is 0. The SMILES string of the molecule is CCC#CCN1CCCN(C(=O)c2ccno2)c2ccccc2C1. The van der Waals surface area contributed by atoms with Crippen molar-refractivity contribution < 1.29 is 9.32 Å². The number of benzene rings is 1. The molecule has 1 aromatic heterocycles. The maximum absolute atomic E-state index is 12.7. The van der Waals surface area contributed by atoms with Crippen molar-refractivity contribution >= 4 is 11.6 Å². The molecule has 0 atom stereocenters. The molecule has 0 aliphatic carbocycles. The normalized spacial score (nSPS) is 15.0. The predicted octanol–water partition coefficient (Wildman–Crippen LogP) is 2.94. The number of rotatable bonds is 2. The third-order valence-electron chi connectivity index (χ3n) is 4.03. The van der Waals surface area contributed by atoms with Gasteiger partial charge < -0.3 is 9.42 Å². The summed E-state index contributed by atoms with van der Waals surface area (Å²) in [5.41, 5.74) is 2.07. The lowest BCUT2D eigenvalue weighted by Crippen LogP contribution is -2.38. The van der Waals surface area contributed by atoms with Crippen LogP contribution in [-0.2, 0) is 6.54 Å². The Morgan fingerprint density at radius 2 is 2.12 bits per heavy atom. The summed E-state index contributed by atoms with van der Waals surface area (Å²) in [6.45, 7) is 5.16. The molecule has 0 N–H and O–H groups in total. The molecule has 2 heterocycles. The van der Waals surface area contributed by atoms with Gasteiger partial charge in [-0.15, -0.1) is 5.92 Å². The molecule has 0 saturated carbocycles. The van der Waals surface area contributed by atoms with Gasteiger partial charge in [0.1, 0.15) is 0 Å². The first kappa shape index (κ1) is 16.3. The lowest BCUT2D eigenvalue weighted by molar-refractivity contribution is 0.0948. The molecular weight excluding hydrogens is 302 g/mol. The second-order valence-corrected chi connectivity index (χ2v) is 5.73. The molecule has 5 nitrogen and oxygen atoms in total. The lowest BCUT2D eigenvalue weighted by Gasteiger charge is -2.30. The molecule has 124 valence electrons. The number of nitrogens with zero attached hydrogens (tertiary/aromatic N) is 3. The monoisotopic (exact) mass is 323 g/mol. The highest BCUT2D eigenvalue weighted by atomic mass is 16.5. The number of para-hydroxylation sites is 1. The van der Waals surface area contributed by atoms with Crippen molar-refractivity contribution in [2.45, 2.75) is 26.3 Å². The van der Waals surface area contributed by atoms with Crippen LogP contribution in [0.25, 0.3) is 0 Å². The van der Waals surface area contributed by atoms with Gasteiger partial charge in [0.05, 0.1) is 12.7 Å². The number of amides is 1. The van der Waals surface area contributed by atoms with Crippen molar-refractivity contribution in [1.82, 2.24) is 10.1 Å². The van der Waals surface area contributed by atoms with Crippen LogP contribution in [0.15, 0.2) is 41.1 Å². The first-order chi connectivity index (χ1) is 11.8. The number of anilines is 1. The van der Waals surface area contributed by atoms with Crippen LogP contribution in [0.3, 0.4) is 0 Å². The minimum Gasteiger partial charge on any atom is -0.351 e. The van der Waals surface area contributed by atoms with E-state index in [1.165, 1.54) is 6.20 Å². The maximum Gasteiger partial charge on any atom is 0.296 e. The van der Waals surface area contributed by atoms with Gasteiger partial charge in [-0.1, -0.05) is 36.2 Å². The summed E-state index contributed by atoms with van der Waals surface area (Å²) in [4.78, 5) is 16.9. The first-order valence-corrected chi connectivity index (χ1v) is 8.28. The Hall–Kier alpha value is -2.58. The van der Waals surface area contributed by atoms with Gasteiger partial charge in [0, 0.05) is 37.8 Å². The third kappa shape index (κ3) is 3.66. The van der Waals surface area contributed by atoms with Crippen LogP contribution < -0.4 is 4.90 Å². The van der Waals surface area contributed by atoms with Gasteiger partial charge in [-0.25, -0.2) is 0 Å². The fourth-order valence-corrected chi connectivity index (χ4v) is 2.90. The Balaban J connectivity index is 1.86. The average molecular weight is 323 g/mol. The Morgan fingerprint density at radius 1 is 1.25 bits per heavy atom. The molecule has 0 saturated heterocycles. The Labute approximate surface area is 142 Å². The van der Waals surface area contributed by atoms with Crippen molar-refractivity contribution in [3.05, 3.63) is 47.9 Å². The van der Waals surface area contributed by atoms with Crippen LogP contribution in [0.1, 0.15) is 35.9 Å². The number of carbonyl (C=O) groups excluding carboxylic acids is 1. The van der Waals surface area contributed by atoms with Gasteiger partial charge in [-0.3, -0.25) is 9.69 Å². The molecule has 0 radical (unpaired) electrons. The Kier molecular flexibility index (Phi) is 5.29. The van der Waals surface area contributed by atoms with Gasteiger partial charge in [0.15, 0.2) is 0 Å². The zero-order chi connectivity index (χ0) is 16.8. The van der Waals surface area contributed by atoms with Gasteiger partial charge in [0.2, 0.25) is 5.76 Å². The van der Waals surface area contributed by atoms with E-state index in [0.717, 1.165) is 43.7 Å². The number of aromatic nitrogens is 1. The van der Waals surface area contributed by atoms with Gasteiger partial charge >= 0.3 is 0 Å². The van der Waals surface area contributed by atoms with Crippen LogP contribution in [0.5, 0.6) is 0 Å². The largest absolute Gasteiger partial charge is 0.351 e. The summed E-state index contributed by atoms with van der Waals surface area (Å²) >= 11 is 0. The molecule has 2 aromatic rings. The zero-order valence-electron chi connectivity index (χ0n) is 13.9. The fraction of sp³-hybridized carbons (Fsp3) is 0.368. The molecule has 0 spiro atoms. The van der Waals surface area contributed by atoms with Crippen molar-refractivity contribution in [3.8, 4) is 11.8 Å². The van der Waals surface area contributed by atoms with Crippen molar-refractivity contribution in [2.75, 3.05) is 24.5 Å². The van der Waals surface area contributed by atoms with E-state index in [9.17, 15) is 4.79 Å². The van der Waals surface area contributed by atoms with E-state index in [1.807, 2.05) is 18.2 Å². The van der Waals surface area contributed by atoms with E-state index in [1.54, 1.807) is 11.0 Å². The lowest BCUT2D eigenvalue weighted by atomic mass is 10.1. The smallest absolute Gasteiger partial charge is 0.296 e. The average Bonchev–Trinajstić information content (AvgIpc) is 3.11. The molecule has 1 aliphatic heterocycles. The predicted molar refractivity (Wildman–Crippen MR) is 92.6 cm³/mol. The highest BCUT2D eigenvalue weighted by molar-refractivity contribution is 6.04. The Bertz CT molecular complexity index is 743. The van der Waals surface area contributed by atoms with E-state index >= 15 is 0 Å². The molecule has 0 fully saturated rings. The molecule has 0 bridgehead atoms. The van der Waals surface area contributed by atoms with Crippen molar-refractivity contribution in [3.63, 3.8) is 0 Å². The summed E-state index contributed by atoms with van der Waals surface area (Å²) in [5, 5.41) is 3.64. The van der Waals surface area contributed by atoms with Crippen LogP contribution in [0.4, 0.5) is 5.69 Å². The number of hydrogen-bond donors (Lipinski definition) is 0. The highest BCUT2D eigenvalue weighted by Crippen LogP contribution is 2.26. The minimum absolute atomic E-state index is 0.140. The molecule has 1 aromatic carbocycles. The van der Waals surface area contributed by atoms with Gasteiger partial charge in [0.25, 0.3) is 5.91 Å². The maximum atomic E-state index is 12.7. The van der Waals surface area contributed by atoms with Crippen LogP contribution >= 0.6 is 0 Å². The fourth-order valence-electron chi connectivity index (χ4n) is 2.90. The summed E-state index contributed by atoms with van der Waals surface area (Å²) in [6.07, 6.45) is 3.27. The summed E-state index contributed by atoms with van der Waals surface area (Å²) < 4.78 is 5.05. The van der Waals surface area contributed by atoms with E-state index in [2.05, 4.69) is 34.9 Å². The van der Waals surface area contributed by atoms with E-state index in [0.29, 0.717) is 6.54 Å². The number of carbonyl (C=O) groups is 1. The molecule has 3 rings (SSSR count). The minimum atomic E-state index is -0.140. The second kappa shape index (κ2) is 7.80. The van der Waals surface area contributed by atoms with Crippen LogP contribution in [0, 0.1) is 11.8 Å². The van der Waals surface area contributed by atoms with E-state index < -0.39 is 0 Å². The molecule has 1 aliphatic rings. The topological polar surface area (TPSA) is 49.6 Å². The Morgan fingerprint density at radius 3 is 2.92 bits per heavy atom. The molecule has 24 heavy (non-hydrogen) atoms. The third-order valence-corrected chi connectivity index (χ3v) is 4.03. The van der Waals surface area contributed by atoms with E-state index in [-0.39, 0.29) is 11.7 Å². The van der Waals surface area contributed by atoms with Crippen LogP contribution in [-0.4, -0.2) is 35.6 Å². The van der Waals surface area contributed by atoms with Crippen molar-refractivity contribution in [1.29, 1.82) is 0 Å². The molecule has 5 heteroatoms.